The van der Waals surface area contributed by atoms with E-state index in [1.165, 1.54) is 7.11 Å². The monoisotopic (exact) mass is 226 g/mol. The highest BCUT2D eigenvalue weighted by Crippen LogP contribution is 2.25. The molecular weight excluding hydrogens is 216 g/mol. The van der Waals surface area contributed by atoms with Crippen molar-refractivity contribution in [2.75, 3.05) is 7.11 Å². The van der Waals surface area contributed by atoms with Crippen LogP contribution in [0.25, 0.3) is 0 Å². The van der Waals surface area contributed by atoms with Gasteiger partial charge in [0, 0.05) is 18.6 Å². The molecule has 0 saturated heterocycles. The van der Waals surface area contributed by atoms with Crippen LogP contribution >= 0.6 is 11.6 Å². The average molecular weight is 227 g/mol. The molecule has 1 fully saturated rings. The number of methoxy groups -OCH3 is 1. The highest BCUT2D eigenvalue weighted by atomic mass is 35.5. The fourth-order valence-corrected chi connectivity index (χ4v) is 1.67. The molecule has 3 nitrogen and oxygen atoms in total. The van der Waals surface area contributed by atoms with Crippen molar-refractivity contribution >= 4 is 17.4 Å². The highest BCUT2D eigenvalue weighted by molar-refractivity contribution is 6.30. The third kappa shape index (κ3) is 2.13. The Balaban J connectivity index is 1.98. The van der Waals surface area contributed by atoms with Gasteiger partial charge in [0.25, 0.3) is 0 Å². The van der Waals surface area contributed by atoms with Gasteiger partial charge in [-0.25, -0.2) is 0 Å². The summed E-state index contributed by atoms with van der Waals surface area (Å²) in [6, 6.07) is 7.05. The van der Waals surface area contributed by atoms with Gasteiger partial charge in [-0.3, -0.25) is 4.79 Å². The van der Waals surface area contributed by atoms with Crippen LogP contribution in [0.1, 0.15) is 6.42 Å². The lowest BCUT2D eigenvalue weighted by atomic mass is 9.90. The Hall–Kier alpha value is -1.06. The second kappa shape index (κ2) is 4.21. The average Bonchev–Trinajstić information content (AvgIpc) is 2.21. The van der Waals surface area contributed by atoms with E-state index in [9.17, 15) is 4.79 Å². The number of Topliss-reactive ketones (excluding diaryl/α,β-unsaturated/α-hetero) is 1. The molecule has 1 aromatic rings. The summed E-state index contributed by atoms with van der Waals surface area (Å²) >= 11 is 5.74. The van der Waals surface area contributed by atoms with Crippen molar-refractivity contribution in [3.63, 3.8) is 0 Å². The molecule has 0 N–H and O–H groups in total. The van der Waals surface area contributed by atoms with Crippen molar-refractivity contribution < 1.29 is 14.3 Å². The van der Waals surface area contributed by atoms with Crippen molar-refractivity contribution in [3.8, 4) is 5.75 Å². The van der Waals surface area contributed by atoms with E-state index >= 15 is 0 Å². The number of hydrogen-bond acceptors (Lipinski definition) is 3. The van der Waals surface area contributed by atoms with E-state index in [0.29, 0.717) is 17.2 Å². The van der Waals surface area contributed by atoms with Crippen LogP contribution in [0.15, 0.2) is 24.3 Å². The van der Waals surface area contributed by atoms with Crippen molar-refractivity contribution in [2.45, 2.75) is 18.6 Å². The van der Waals surface area contributed by atoms with Crippen LogP contribution in [-0.4, -0.2) is 25.1 Å². The topological polar surface area (TPSA) is 35.5 Å². The molecule has 0 aliphatic heterocycles. The SMILES string of the molecule is COC1C(=O)CC1Oc1ccc(Cl)cc1. The Bertz CT molecular complexity index is 361. The van der Waals surface area contributed by atoms with Gasteiger partial charge < -0.3 is 9.47 Å². The smallest absolute Gasteiger partial charge is 0.169 e. The minimum Gasteiger partial charge on any atom is -0.487 e. The molecule has 1 aliphatic rings. The largest absolute Gasteiger partial charge is 0.487 e. The van der Waals surface area contributed by atoms with Crippen LogP contribution < -0.4 is 4.74 Å². The summed E-state index contributed by atoms with van der Waals surface area (Å²) in [6.07, 6.45) is -0.162. The molecule has 0 aromatic heterocycles. The Kier molecular flexibility index (Phi) is 2.93. The van der Waals surface area contributed by atoms with E-state index in [2.05, 4.69) is 0 Å². The van der Waals surface area contributed by atoms with Gasteiger partial charge in [0.15, 0.2) is 11.9 Å². The van der Waals surface area contributed by atoms with Crippen LogP contribution in [0.3, 0.4) is 0 Å². The number of carbonyl (C=O) groups is 1. The van der Waals surface area contributed by atoms with Gasteiger partial charge >= 0.3 is 0 Å². The zero-order valence-corrected chi connectivity index (χ0v) is 9.03. The van der Waals surface area contributed by atoms with Gasteiger partial charge in [0.1, 0.15) is 11.9 Å². The lowest BCUT2D eigenvalue weighted by Gasteiger charge is -2.33. The normalized spacial score (nSPS) is 24.8. The Morgan fingerprint density at radius 1 is 1.33 bits per heavy atom. The summed E-state index contributed by atoms with van der Waals surface area (Å²) in [5.41, 5.74) is 0. The molecule has 1 aliphatic carbocycles. The summed E-state index contributed by atoms with van der Waals surface area (Å²) in [5.74, 6) is 0.801. The summed E-state index contributed by atoms with van der Waals surface area (Å²) in [7, 11) is 1.51. The molecule has 15 heavy (non-hydrogen) atoms. The van der Waals surface area contributed by atoms with E-state index in [1.54, 1.807) is 24.3 Å². The minimum atomic E-state index is -0.416. The molecule has 1 aromatic carbocycles. The van der Waals surface area contributed by atoms with E-state index < -0.39 is 6.10 Å². The Labute approximate surface area is 92.9 Å². The fourth-order valence-electron chi connectivity index (χ4n) is 1.54. The first-order valence-corrected chi connectivity index (χ1v) is 5.06. The minimum absolute atomic E-state index is 0.0939. The lowest BCUT2D eigenvalue weighted by molar-refractivity contribution is -0.150. The molecule has 1 saturated carbocycles. The Morgan fingerprint density at radius 2 is 2.00 bits per heavy atom. The van der Waals surface area contributed by atoms with Gasteiger partial charge in [-0.15, -0.1) is 0 Å². The predicted molar refractivity (Wildman–Crippen MR) is 56.3 cm³/mol. The van der Waals surface area contributed by atoms with Gasteiger partial charge in [0.05, 0.1) is 0 Å². The summed E-state index contributed by atoms with van der Waals surface area (Å²) in [5, 5.41) is 0.662. The molecule has 0 amide bonds. The van der Waals surface area contributed by atoms with Crippen molar-refractivity contribution in [1.29, 1.82) is 0 Å². The standard InChI is InChI=1S/C11H11ClO3/c1-14-11-9(13)6-10(11)15-8-4-2-7(12)3-5-8/h2-5,10-11H,6H2,1H3. The Morgan fingerprint density at radius 3 is 2.53 bits per heavy atom. The van der Waals surface area contributed by atoms with E-state index in [-0.39, 0.29) is 11.9 Å². The van der Waals surface area contributed by atoms with Gasteiger partial charge in [-0.05, 0) is 24.3 Å². The van der Waals surface area contributed by atoms with Gasteiger partial charge in [-0.1, -0.05) is 11.6 Å². The maximum absolute atomic E-state index is 11.1. The van der Waals surface area contributed by atoms with Gasteiger partial charge in [0.2, 0.25) is 0 Å². The third-order valence-electron chi connectivity index (χ3n) is 2.41. The second-order valence-electron chi connectivity index (χ2n) is 3.44. The van der Waals surface area contributed by atoms with Crippen LogP contribution in [0.5, 0.6) is 5.75 Å². The van der Waals surface area contributed by atoms with E-state index in [0.717, 1.165) is 0 Å². The number of carbonyl (C=O) groups excluding carboxylic acids is 1. The van der Waals surface area contributed by atoms with Crippen LogP contribution in [0.4, 0.5) is 0 Å². The zero-order chi connectivity index (χ0) is 10.8. The number of rotatable bonds is 3. The molecule has 2 rings (SSSR count). The zero-order valence-electron chi connectivity index (χ0n) is 8.27. The predicted octanol–water partition coefficient (Wildman–Crippen LogP) is 2.08. The van der Waals surface area contributed by atoms with Crippen molar-refractivity contribution in [2.24, 2.45) is 0 Å². The molecule has 0 radical (unpaired) electrons. The van der Waals surface area contributed by atoms with Crippen molar-refractivity contribution in [1.82, 2.24) is 0 Å². The molecule has 4 heteroatoms. The van der Waals surface area contributed by atoms with Crippen LogP contribution in [-0.2, 0) is 9.53 Å². The highest BCUT2D eigenvalue weighted by Gasteiger charge is 2.41. The molecule has 0 spiro atoms. The van der Waals surface area contributed by atoms with E-state index in [1.807, 2.05) is 0 Å². The maximum Gasteiger partial charge on any atom is 0.169 e. The second-order valence-corrected chi connectivity index (χ2v) is 3.87. The summed E-state index contributed by atoms with van der Waals surface area (Å²) in [4.78, 5) is 11.1. The molecule has 80 valence electrons. The number of hydrogen-bond donors (Lipinski definition) is 0. The molecular formula is C11H11ClO3. The fraction of sp³-hybridized carbons (Fsp3) is 0.364. The number of benzene rings is 1. The number of halogens is 1. The maximum atomic E-state index is 11.1. The molecule has 2 unspecified atom stereocenters. The third-order valence-corrected chi connectivity index (χ3v) is 2.66. The first-order valence-electron chi connectivity index (χ1n) is 4.68. The summed E-state index contributed by atoms with van der Waals surface area (Å²) in [6.45, 7) is 0. The summed E-state index contributed by atoms with van der Waals surface area (Å²) < 4.78 is 10.6. The van der Waals surface area contributed by atoms with Crippen LogP contribution in [0.2, 0.25) is 5.02 Å². The van der Waals surface area contributed by atoms with E-state index in [4.69, 9.17) is 21.1 Å². The molecule has 0 heterocycles. The first-order chi connectivity index (χ1) is 7.20. The number of ether oxygens (including phenoxy) is 2. The lowest BCUT2D eigenvalue weighted by Crippen LogP contribution is -2.51. The van der Waals surface area contributed by atoms with Crippen LogP contribution in [0, 0.1) is 0 Å². The van der Waals surface area contributed by atoms with Crippen molar-refractivity contribution in [3.05, 3.63) is 29.3 Å². The molecule has 2 atom stereocenters. The van der Waals surface area contributed by atoms with Gasteiger partial charge in [-0.2, -0.15) is 0 Å². The first kappa shape index (κ1) is 10.5. The molecule has 0 bridgehead atoms. The quantitative estimate of drug-likeness (QED) is 0.792. The number of ketones is 1.